The molecule has 0 saturated carbocycles. The molecule has 0 fully saturated rings. The average Bonchev–Trinajstić information content (AvgIpc) is 3.20. The first-order valence-electron chi connectivity index (χ1n) is 9.33. The molecule has 0 bridgehead atoms. The van der Waals surface area contributed by atoms with Crippen LogP contribution >= 0.6 is 31.9 Å². The number of oxazole rings is 1. The SMILES string of the molecule is COc1c(Br)cc(Br)cc1/C=C/C(=O)NCc1ccc(-c2nc3ncccc3o2)cc1. The van der Waals surface area contributed by atoms with Crippen molar-refractivity contribution in [3.63, 3.8) is 0 Å². The predicted octanol–water partition coefficient (Wildman–Crippen LogP) is 5.75. The van der Waals surface area contributed by atoms with Gasteiger partial charge < -0.3 is 14.5 Å². The number of amides is 1. The zero-order chi connectivity index (χ0) is 21.8. The highest BCUT2D eigenvalue weighted by molar-refractivity contribution is 9.11. The molecule has 0 unspecified atom stereocenters. The van der Waals surface area contributed by atoms with E-state index in [1.807, 2.05) is 48.5 Å². The Balaban J connectivity index is 1.39. The van der Waals surface area contributed by atoms with Crippen LogP contribution in [-0.2, 0) is 11.3 Å². The highest BCUT2D eigenvalue weighted by Crippen LogP contribution is 2.33. The van der Waals surface area contributed by atoms with Crippen LogP contribution in [0.4, 0.5) is 0 Å². The van der Waals surface area contributed by atoms with Crippen LogP contribution < -0.4 is 10.1 Å². The summed E-state index contributed by atoms with van der Waals surface area (Å²) < 4.78 is 12.8. The van der Waals surface area contributed by atoms with E-state index < -0.39 is 0 Å². The molecule has 1 amide bonds. The van der Waals surface area contributed by atoms with Gasteiger partial charge in [-0.15, -0.1) is 0 Å². The maximum atomic E-state index is 12.3. The molecule has 2 heterocycles. The van der Waals surface area contributed by atoms with E-state index in [0.29, 0.717) is 29.4 Å². The fourth-order valence-corrected chi connectivity index (χ4v) is 4.41. The maximum Gasteiger partial charge on any atom is 0.244 e. The molecule has 0 aliphatic heterocycles. The molecule has 0 saturated heterocycles. The number of rotatable bonds is 6. The highest BCUT2D eigenvalue weighted by atomic mass is 79.9. The van der Waals surface area contributed by atoms with Gasteiger partial charge in [0.1, 0.15) is 5.75 Å². The van der Waals surface area contributed by atoms with Crippen molar-refractivity contribution >= 4 is 55.1 Å². The summed E-state index contributed by atoms with van der Waals surface area (Å²) in [6.45, 7) is 0.401. The van der Waals surface area contributed by atoms with E-state index in [1.165, 1.54) is 6.08 Å². The number of halogens is 2. The number of benzene rings is 2. The Hall–Kier alpha value is -2.97. The maximum absolute atomic E-state index is 12.3. The van der Waals surface area contributed by atoms with Gasteiger partial charge in [0, 0.05) is 34.4 Å². The van der Waals surface area contributed by atoms with E-state index in [9.17, 15) is 4.79 Å². The van der Waals surface area contributed by atoms with Gasteiger partial charge in [0.15, 0.2) is 11.2 Å². The molecule has 0 atom stereocenters. The third-order valence-electron chi connectivity index (χ3n) is 4.49. The molecule has 31 heavy (non-hydrogen) atoms. The number of nitrogens with zero attached hydrogens (tertiary/aromatic N) is 2. The average molecular weight is 543 g/mol. The molecule has 6 nitrogen and oxygen atoms in total. The van der Waals surface area contributed by atoms with Crippen LogP contribution in [0.2, 0.25) is 0 Å². The molecule has 0 aliphatic rings. The zero-order valence-corrected chi connectivity index (χ0v) is 19.6. The third kappa shape index (κ3) is 5.03. The van der Waals surface area contributed by atoms with E-state index >= 15 is 0 Å². The summed E-state index contributed by atoms with van der Waals surface area (Å²) in [4.78, 5) is 20.8. The first-order valence-corrected chi connectivity index (χ1v) is 10.9. The summed E-state index contributed by atoms with van der Waals surface area (Å²) in [5.74, 6) is 0.978. The molecule has 0 spiro atoms. The number of carbonyl (C=O) groups excluding carboxylic acids is 1. The second kappa shape index (κ2) is 9.45. The summed E-state index contributed by atoms with van der Waals surface area (Å²) in [6.07, 6.45) is 4.88. The van der Waals surface area contributed by atoms with E-state index in [4.69, 9.17) is 9.15 Å². The second-order valence-electron chi connectivity index (χ2n) is 6.60. The van der Waals surface area contributed by atoms with Crippen molar-refractivity contribution in [2.45, 2.75) is 6.54 Å². The topological polar surface area (TPSA) is 77.2 Å². The fourth-order valence-electron chi connectivity index (χ4n) is 2.99. The molecule has 4 rings (SSSR count). The molecule has 2 aromatic carbocycles. The third-order valence-corrected chi connectivity index (χ3v) is 5.53. The summed E-state index contributed by atoms with van der Waals surface area (Å²) >= 11 is 6.90. The number of pyridine rings is 1. The minimum absolute atomic E-state index is 0.202. The summed E-state index contributed by atoms with van der Waals surface area (Å²) in [7, 11) is 1.59. The van der Waals surface area contributed by atoms with Gasteiger partial charge in [-0.2, -0.15) is 4.98 Å². The van der Waals surface area contributed by atoms with Crippen LogP contribution in [0.3, 0.4) is 0 Å². The molecule has 8 heteroatoms. The Morgan fingerprint density at radius 2 is 2.00 bits per heavy atom. The lowest BCUT2D eigenvalue weighted by molar-refractivity contribution is -0.116. The van der Waals surface area contributed by atoms with Crippen LogP contribution in [0.25, 0.3) is 28.8 Å². The van der Waals surface area contributed by atoms with Gasteiger partial charge in [0.05, 0.1) is 11.6 Å². The number of carbonyl (C=O) groups is 1. The van der Waals surface area contributed by atoms with E-state index in [1.54, 1.807) is 19.4 Å². The number of hydrogen-bond acceptors (Lipinski definition) is 5. The Bertz CT molecular complexity index is 1230. The minimum Gasteiger partial charge on any atom is -0.495 e. The number of aromatic nitrogens is 2. The quantitative estimate of drug-likeness (QED) is 0.314. The molecule has 156 valence electrons. The zero-order valence-electron chi connectivity index (χ0n) is 16.4. The monoisotopic (exact) mass is 541 g/mol. The number of nitrogens with one attached hydrogen (secondary N) is 1. The largest absolute Gasteiger partial charge is 0.495 e. The molecule has 0 aliphatic carbocycles. The predicted molar refractivity (Wildman–Crippen MR) is 127 cm³/mol. The Morgan fingerprint density at radius 3 is 2.74 bits per heavy atom. The lowest BCUT2D eigenvalue weighted by atomic mass is 10.1. The van der Waals surface area contributed by atoms with Crippen molar-refractivity contribution in [1.82, 2.24) is 15.3 Å². The van der Waals surface area contributed by atoms with Gasteiger partial charge in [0.25, 0.3) is 0 Å². The van der Waals surface area contributed by atoms with Crippen LogP contribution in [0, 0.1) is 0 Å². The molecular formula is C23H17Br2N3O3. The molecule has 0 radical (unpaired) electrons. The summed E-state index contributed by atoms with van der Waals surface area (Å²) in [5.41, 5.74) is 3.82. The number of fused-ring (bicyclic) bond motifs is 1. The van der Waals surface area contributed by atoms with Gasteiger partial charge >= 0.3 is 0 Å². The Kier molecular flexibility index (Phi) is 6.48. The number of methoxy groups -OCH3 is 1. The van der Waals surface area contributed by atoms with Crippen molar-refractivity contribution < 1.29 is 13.9 Å². The van der Waals surface area contributed by atoms with Crippen molar-refractivity contribution in [2.75, 3.05) is 7.11 Å². The van der Waals surface area contributed by atoms with E-state index in [-0.39, 0.29) is 5.91 Å². The summed E-state index contributed by atoms with van der Waals surface area (Å²) in [6, 6.07) is 15.1. The lowest BCUT2D eigenvalue weighted by Crippen LogP contribution is -2.20. The van der Waals surface area contributed by atoms with Gasteiger partial charge in [-0.3, -0.25) is 4.79 Å². The van der Waals surface area contributed by atoms with Crippen LogP contribution in [0.15, 0.2) is 74.2 Å². The van der Waals surface area contributed by atoms with Crippen molar-refractivity contribution in [2.24, 2.45) is 0 Å². The highest BCUT2D eigenvalue weighted by Gasteiger charge is 2.09. The Labute approximate surface area is 195 Å². The summed E-state index contributed by atoms with van der Waals surface area (Å²) in [5, 5.41) is 2.88. The van der Waals surface area contributed by atoms with Crippen LogP contribution in [0.1, 0.15) is 11.1 Å². The minimum atomic E-state index is -0.202. The smallest absolute Gasteiger partial charge is 0.244 e. The second-order valence-corrected chi connectivity index (χ2v) is 8.37. The molecular weight excluding hydrogens is 526 g/mol. The Morgan fingerprint density at radius 1 is 1.19 bits per heavy atom. The molecule has 1 N–H and O–H groups in total. The van der Waals surface area contributed by atoms with E-state index in [2.05, 4.69) is 47.1 Å². The van der Waals surface area contributed by atoms with Crippen LogP contribution in [0.5, 0.6) is 5.75 Å². The van der Waals surface area contributed by atoms with E-state index in [0.717, 1.165) is 25.6 Å². The van der Waals surface area contributed by atoms with Crippen molar-refractivity contribution in [3.8, 4) is 17.2 Å². The van der Waals surface area contributed by atoms with Gasteiger partial charge in [0.2, 0.25) is 11.8 Å². The van der Waals surface area contributed by atoms with Crippen LogP contribution in [-0.4, -0.2) is 23.0 Å². The van der Waals surface area contributed by atoms with Crippen molar-refractivity contribution in [1.29, 1.82) is 0 Å². The number of ether oxygens (including phenoxy) is 1. The number of hydrogen-bond donors (Lipinski definition) is 1. The van der Waals surface area contributed by atoms with Gasteiger partial charge in [-0.25, -0.2) is 4.98 Å². The standard InChI is InChI=1S/C23H17Br2N3O3/c1-30-21-16(11-17(24)12-18(21)25)8-9-20(29)27-13-14-4-6-15(7-5-14)23-28-22-19(31-23)3-2-10-26-22/h2-12H,13H2,1H3,(H,27,29)/b9-8+. The van der Waals surface area contributed by atoms with Gasteiger partial charge in [-0.1, -0.05) is 28.1 Å². The molecule has 2 aromatic heterocycles. The normalized spacial score (nSPS) is 11.2. The van der Waals surface area contributed by atoms with Gasteiger partial charge in [-0.05, 0) is 64.0 Å². The molecule has 4 aromatic rings. The van der Waals surface area contributed by atoms with Crippen molar-refractivity contribution in [3.05, 3.63) is 80.9 Å². The lowest BCUT2D eigenvalue weighted by Gasteiger charge is -2.08. The first kappa shape index (κ1) is 21.3. The fraction of sp³-hybridized carbons (Fsp3) is 0.0870. The first-order chi connectivity index (χ1) is 15.0.